The van der Waals surface area contributed by atoms with Crippen molar-refractivity contribution < 1.29 is 19.2 Å². The summed E-state index contributed by atoms with van der Waals surface area (Å²) >= 11 is 0. The second-order valence-electron chi connectivity index (χ2n) is 10.1. The number of hydrogen-bond acceptors (Lipinski definition) is 6. The Morgan fingerprint density at radius 2 is 1.88 bits per heavy atom. The van der Waals surface area contributed by atoms with Crippen molar-refractivity contribution >= 4 is 17.5 Å². The standard InChI is InChI=1S/C26H33N3O5/c1-26(2,3)34-25(30)27-16-18-8-7-15-28(17-18)24-21(29(31)32)13-14-22(33-20-11-12-20)23(24)19-9-5-4-6-10-19/h4-6,9-10,13-14,18,20H,7-8,11-12,15-17H2,1-3H3,(H,27,30)/t18-/m0/s1. The lowest BCUT2D eigenvalue weighted by Crippen LogP contribution is -2.42. The van der Waals surface area contributed by atoms with Crippen LogP contribution in [0.1, 0.15) is 46.5 Å². The third-order valence-electron chi connectivity index (χ3n) is 5.96. The fourth-order valence-electron chi connectivity index (χ4n) is 4.35. The monoisotopic (exact) mass is 467 g/mol. The van der Waals surface area contributed by atoms with E-state index in [1.165, 1.54) is 0 Å². The van der Waals surface area contributed by atoms with Gasteiger partial charge in [-0.1, -0.05) is 30.3 Å². The molecule has 1 N–H and O–H groups in total. The predicted molar refractivity (Wildman–Crippen MR) is 131 cm³/mol. The highest BCUT2D eigenvalue weighted by molar-refractivity contribution is 5.89. The van der Waals surface area contributed by atoms with Gasteiger partial charge < -0.3 is 19.7 Å². The zero-order valence-corrected chi connectivity index (χ0v) is 20.1. The van der Waals surface area contributed by atoms with Gasteiger partial charge >= 0.3 is 6.09 Å². The van der Waals surface area contributed by atoms with E-state index in [1.54, 1.807) is 12.1 Å². The number of nitrogens with zero attached hydrogens (tertiary/aromatic N) is 2. The van der Waals surface area contributed by atoms with Gasteiger partial charge in [-0.15, -0.1) is 0 Å². The van der Waals surface area contributed by atoms with Crippen molar-refractivity contribution in [1.82, 2.24) is 5.32 Å². The third-order valence-corrected chi connectivity index (χ3v) is 5.96. The van der Waals surface area contributed by atoms with Crippen LogP contribution in [0, 0.1) is 16.0 Å². The second-order valence-corrected chi connectivity index (χ2v) is 10.1. The van der Waals surface area contributed by atoms with Gasteiger partial charge in [0.1, 0.15) is 17.0 Å². The fourth-order valence-corrected chi connectivity index (χ4v) is 4.35. The number of carbonyl (C=O) groups is 1. The lowest BCUT2D eigenvalue weighted by Gasteiger charge is -2.35. The summed E-state index contributed by atoms with van der Waals surface area (Å²) in [5, 5.41) is 15.0. The number of piperidine rings is 1. The van der Waals surface area contributed by atoms with Gasteiger partial charge in [0.05, 0.1) is 16.6 Å². The molecular weight excluding hydrogens is 434 g/mol. The van der Waals surface area contributed by atoms with Crippen molar-refractivity contribution in [1.29, 1.82) is 0 Å². The van der Waals surface area contributed by atoms with Crippen LogP contribution in [0.5, 0.6) is 5.75 Å². The Bertz CT molecular complexity index is 1030. The molecule has 1 aliphatic carbocycles. The van der Waals surface area contributed by atoms with Crippen molar-refractivity contribution in [3.63, 3.8) is 0 Å². The molecule has 2 aromatic carbocycles. The number of nitro benzene ring substituents is 1. The number of alkyl carbamates (subject to hydrolysis) is 1. The van der Waals surface area contributed by atoms with Crippen LogP contribution in [0.15, 0.2) is 42.5 Å². The first-order valence-corrected chi connectivity index (χ1v) is 12.0. The Kier molecular flexibility index (Phi) is 6.95. The van der Waals surface area contributed by atoms with Crippen LogP contribution in [0.2, 0.25) is 0 Å². The Balaban J connectivity index is 1.64. The Labute approximate surface area is 200 Å². The summed E-state index contributed by atoms with van der Waals surface area (Å²) < 4.78 is 11.6. The molecule has 0 aromatic heterocycles. The zero-order chi connectivity index (χ0) is 24.3. The minimum absolute atomic E-state index is 0.0720. The Hall–Kier alpha value is -3.29. The van der Waals surface area contributed by atoms with Gasteiger partial charge in [-0.2, -0.15) is 0 Å². The highest BCUT2D eigenvalue weighted by atomic mass is 16.6. The minimum atomic E-state index is -0.560. The fraction of sp³-hybridized carbons (Fsp3) is 0.500. The van der Waals surface area contributed by atoms with Crippen LogP contribution in [-0.4, -0.2) is 42.4 Å². The molecular formula is C26H33N3O5. The molecule has 34 heavy (non-hydrogen) atoms. The van der Waals surface area contributed by atoms with Crippen molar-refractivity contribution in [3.05, 3.63) is 52.6 Å². The van der Waals surface area contributed by atoms with E-state index >= 15 is 0 Å². The first-order valence-electron chi connectivity index (χ1n) is 12.0. The van der Waals surface area contributed by atoms with Gasteiger partial charge in [-0.05, 0) is 64.0 Å². The molecule has 2 aliphatic rings. The molecule has 1 amide bonds. The number of ether oxygens (including phenoxy) is 2. The molecule has 0 unspecified atom stereocenters. The third kappa shape index (κ3) is 5.98. The molecule has 0 bridgehead atoms. The molecule has 0 radical (unpaired) electrons. The lowest BCUT2D eigenvalue weighted by molar-refractivity contribution is -0.384. The van der Waals surface area contributed by atoms with Crippen molar-refractivity contribution in [2.24, 2.45) is 5.92 Å². The quantitative estimate of drug-likeness (QED) is 0.424. The molecule has 8 nitrogen and oxygen atoms in total. The Morgan fingerprint density at radius 1 is 1.15 bits per heavy atom. The van der Waals surface area contributed by atoms with E-state index in [0.29, 0.717) is 31.1 Å². The largest absolute Gasteiger partial charge is 0.490 e. The van der Waals surface area contributed by atoms with Crippen LogP contribution < -0.4 is 15.0 Å². The van der Waals surface area contributed by atoms with Crippen molar-refractivity contribution in [2.45, 2.75) is 58.2 Å². The molecule has 1 saturated heterocycles. The van der Waals surface area contributed by atoms with Crippen LogP contribution in [0.3, 0.4) is 0 Å². The zero-order valence-electron chi connectivity index (χ0n) is 20.1. The maximum atomic E-state index is 12.1. The van der Waals surface area contributed by atoms with Gasteiger partial charge in [-0.3, -0.25) is 10.1 Å². The molecule has 1 heterocycles. The molecule has 182 valence electrons. The molecule has 1 saturated carbocycles. The average molecular weight is 468 g/mol. The molecule has 2 aromatic rings. The molecule has 8 heteroatoms. The van der Waals surface area contributed by atoms with E-state index in [9.17, 15) is 14.9 Å². The summed E-state index contributed by atoms with van der Waals surface area (Å²) in [6, 6.07) is 13.0. The number of amides is 1. The highest BCUT2D eigenvalue weighted by Crippen LogP contribution is 2.47. The van der Waals surface area contributed by atoms with Crippen LogP contribution in [-0.2, 0) is 4.74 Å². The second kappa shape index (κ2) is 9.91. The number of nitrogens with one attached hydrogen (secondary N) is 1. The summed E-state index contributed by atoms with van der Waals surface area (Å²) in [6.07, 6.45) is 3.54. The molecule has 0 spiro atoms. The van der Waals surface area contributed by atoms with E-state index < -0.39 is 11.7 Å². The number of anilines is 1. The first kappa shape index (κ1) is 23.9. The number of benzene rings is 2. The van der Waals surface area contributed by atoms with Crippen LogP contribution in [0.4, 0.5) is 16.2 Å². The number of hydrogen-bond donors (Lipinski definition) is 1. The lowest BCUT2D eigenvalue weighted by atomic mass is 9.94. The average Bonchev–Trinajstić information content (AvgIpc) is 3.61. The SMILES string of the molecule is CC(C)(C)OC(=O)NC[C@@H]1CCCN(c2c([N+](=O)[O-])ccc(OC3CC3)c2-c2ccccc2)C1. The molecule has 2 fully saturated rings. The summed E-state index contributed by atoms with van der Waals surface area (Å²) in [7, 11) is 0. The van der Waals surface area contributed by atoms with E-state index in [1.807, 2.05) is 51.1 Å². The molecule has 1 atom stereocenters. The van der Waals surface area contributed by atoms with E-state index in [4.69, 9.17) is 9.47 Å². The van der Waals surface area contributed by atoms with Crippen LogP contribution >= 0.6 is 0 Å². The maximum Gasteiger partial charge on any atom is 0.407 e. The van der Waals surface area contributed by atoms with Crippen molar-refractivity contribution in [3.8, 4) is 16.9 Å². The van der Waals surface area contributed by atoms with Gasteiger partial charge in [0.2, 0.25) is 0 Å². The molecule has 4 rings (SSSR count). The highest BCUT2D eigenvalue weighted by Gasteiger charge is 2.33. The van der Waals surface area contributed by atoms with Gasteiger partial charge in [-0.25, -0.2) is 4.79 Å². The van der Waals surface area contributed by atoms with E-state index in [2.05, 4.69) is 10.2 Å². The van der Waals surface area contributed by atoms with Gasteiger partial charge in [0, 0.05) is 25.7 Å². The molecule has 1 aliphatic heterocycles. The van der Waals surface area contributed by atoms with Crippen LogP contribution in [0.25, 0.3) is 11.1 Å². The van der Waals surface area contributed by atoms with Gasteiger partial charge in [0.15, 0.2) is 0 Å². The number of carbonyl (C=O) groups excluding carboxylic acids is 1. The van der Waals surface area contributed by atoms with Gasteiger partial charge in [0.25, 0.3) is 5.69 Å². The van der Waals surface area contributed by atoms with Crippen molar-refractivity contribution in [2.75, 3.05) is 24.5 Å². The summed E-state index contributed by atoms with van der Waals surface area (Å²) in [4.78, 5) is 26.0. The van der Waals surface area contributed by atoms with E-state index in [-0.39, 0.29) is 22.6 Å². The summed E-state index contributed by atoms with van der Waals surface area (Å²) in [5.74, 6) is 0.834. The first-order chi connectivity index (χ1) is 16.2. The topological polar surface area (TPSA) is 93.9 Å². The summed E-state index contributed by atoms with van der Waals surface area (Å²) in [6.45, 7) is 7.25. The number of rotatable bonds is 7. The Morgan fingerprint density at radius 3 is 2.53 bits per heavy atom. The summed E-state index contributed by atoms with van der Waals surface area (Å²) in [5.41, 5.74) is 1.77. The normalized spacial score (nSPS) is 18.3. The van der Waals surface area contributed by atoms with E-state index in [0.717, 1.165) is 36.8 Å². The minimum Gasteiger partial charge on any atom is -0.490 e. The number of nitro groups is 1. The maximum absolute atomic E-state index is 12.1. The smallest absolute Gasteiger partial charge is 0.407 e. The predicted octanol–water partition coefficient (Wildman–Crippen LogP) is 5.54.